The van der Waals surface area contributed by atoms with Gasteiger partial charge in [-0.1, -0.05) is 60.7 Å². The van der Waals surface area contributed by atoms with E-state index in [0.29, 0.717) is 31.4 Å². The monoisotopic (exact) mass is 602 g/mol. The molecular weight excluding hydrogens is 564 g/mol. The Morgan fingerprint density at radius 1 is 1.09 bits per heavy atom. The predicted octanol–water partition coefficient (Wildman–Crippen LogP) is 4.16. The molecule has 0 aromatic heterocycles. The normalized spacial score (nSPS) is 29.0. The number of hydrogen-bond donors (Lipinski definition) is 2. The molecule has 2 aliphatic heterocycles. The number of nitrogens with zero attached hydrogens (tertiary/aromatic N) is 1. The number of benzene rings is 3. The van der Waals surface area contributed by atoms with Gasteiger partial charge in [0.05, 0.1) is 23.3 Å². The van der Waals surface area contributed by atoms with E-state index >= 15 is 0 Å². The molecule has 9 heteroatoms. The maximum atomic E-state index is 13.6. The molecule has 0 amide bonds. The van der Waals surface area contributed by atoms with Crippen LogP contribution in [0.1, 0.15) is 54.0 Å². The molecule has 0 radical (unpaired) electrons. The summed E-state index contributed by atoms with van der Waals surface area (Å²) in [6.45, 7) is 4.92. The number of phenolic OH excluding ortho intramolecular Hbond substituents is 1. The van der Waals surface area contributed by atoms with Crippen LogP contribution in [0, 0.1) is 6.92 Å². The lowest BCUT2D eigenvalue weighted by atomic mass is 9.48. The first-order valence-corrected chi connectivity index (χ1v) is 16.8. The molecule has 1 saturated heterocycles. The van der Waals surface area contributed by atoms with Crippen molar-refractivity contribution in [1.29, 1.82) is 0 Å². The summed E-state index contributed by atoms with van der Waals surface area (Å²) in [4.78, 5) is 15.3. The van der Waals surface area contributed by atoms with Gasteiger partial charge in [-0.05, 0) is 73.9 Å². The summed E-state index contributed by atoms with van der Waals surface area (Å²) in [7, 11) is -3.74. The van der Waals surface area contributed by atoms with E-state index in [4.69, 9.17) is 9.47 Å². The van der Waals surface area contributed by atoms with Crippen LogP contribution >= 0.6 is 0 Å². The first-order chi connectivity index (χ1) is 20.6. The summed E-state index contributed by atoms with van der Waals surface area (Å²) < 4.78 is 43.3. The molecule has 4 aliphatic rings. The second-order valence-electron chi connectivity index (χ2n) is 12.6. The minimum absolute atomic E-state index is 0.0331. The summed E-state index contributed by atoms with van der Waals surface area (Å²) >= 11 is 0. The lowest BCUT2D eigenvalue weighted by Gasteiger charge is -2.65. The fraction of sp³-hybridized carbons (Fsp3) is 0.441. The van der Waals surface area contributed by atoms with E-state index in [1.54, 1.807) is 6.07 Å². The van der Waals surface area contributed by atoms with Gasteiger partial charge in [0.1, 0.15) is 11.7 Å². The first kappa shape index (κ1) is 28.4. The Morgan fingerprint density at radius 2 is 1.86 bits per heavy atom. The number of phenols is 1. The van der Waals surface area contributed by atoms with E-state index in [-0.39, 0.29) is 23.5 Å². The average Bonchev–Trinajstić information content (AvgIpc) is 3.33. The van der Waals surface area contributed by atoms with Gasteiger partial charge in [0.15, 0.2) is 11.5 Å². The van der Waals surface area contributed by atoms with Crippen LogP contribution in [0.25, 0.3) is 0 Å². The molecule has 1 spiro atoms. The van der Waals surface area contributed by atoms with Gasteiger partial charge in [0, 0.05) is 19.0 Å². The highest BCUT2D eigenvalue weighted by atomic mass is 32.2. The molecule has 7 rings (SSSR count). The Bertz CT molecular complexity index is 1680. The standard InChI is InChI=1S/C34H38N2O6S/c1-22-8-6-7-11-26(22)21-43(39,40)35-27-14-16-34(42-23(2)37)29-20-25-12-13-28(38)31-30(25)33(34,32(27)41-31)17-19-36(29)18-15-24-9-4-3-5-10-24/h3-13,27,29,32,35,38H,14-21H2,1-2H3/t27-,29+,32-,33-,34+/m0/s1. The Labute approximate surface area is 253 Å². The van der Waals surface area contributed by atoms with Crippen LogP contribution in [0.2, 0.25) is 0 Å². The number of ether oxygens (including phenoxy) is 2. The number of aromatic hydroxyl groups is 1. The minimum Gasteiger partial charge on any atom is -0.504 e. The zero-order valence-corrected chi connectivity index (χ0v) is 25.4. The van der Waals surface area contributed by atoms with Crippen molar-refractivity contribution in [3.05, 3.63) is 94.5 Å². The van der Waals surface area contributed by atoms with Crippen LogP contribution in [0.15, 0.2) is 66.7 Å². The lowest BCUT2D eigenvalue weighted by molar-refractivity contribution is -0.218. The number of esters is 1. The van der Waals surface area contributed by atoms with Crippen LogP contribution in [0.3, 0.4) is 0 Å². The highest BCUT2D eigenvalue weighted by Crippen LogP contribution is 2.66. The largest absolute Gasteiger partial charge is 0.504 e. The van der Waals surface area contributed by atoms with Crippen LogP contribution < -0.4 is 9.46 Å². The molecular formula is C34H38N2O6S. The topological polar surface area (TPSA) is 105 Å². The molecule has 2 heterocycles. The Hall–Kier alpha value is -3.40. The van der Waals surface area contributed by atoms with Crippen molar-refractivity contribution in [3.63, 3.8) is 0 Å². The average molecular weight is 603 g/mol. The Balaban J connectivity index is 1.28. The van der Waals surface area contributed by atoms with Crippen molar-refractivity contribution in [2.24, 2.45) is 0 Å². The number of nitrogens with one attached hydrogen (secondary N) is 1. The van der Waals surface area contributed by atoms with Gasteiger partial charge in [-0.15, -0.1) is 0 Å². The third-order valence-electron chi connectivity index (χ3n) is 10.3. The highest BCUT2D eigenvalue weighted by molar-refractivity contribution is 7.88. The van der Waals surface area contributed by atoms with Crippen molar-refractivity contribution >= 4 is 16.0 Å². The zero-order valence-electron chi connectivity index (χ0n) is 24.6. The third-order valence-corrected chi connectivity index (χ3v) is 11.7. The maximum Gasteiger partial charge on any atom is 0.303 e. The molecule has 2 N–H and O–H groups in total. The van der Waals surface area contributed by atoms with E-state index < -0.39 is 33.2 Å². The van der Waals surface area contributed by atoms with Crippen LogP contribution in [-0.2, 0) is 43.6 Å². The van der Waals surface area contributed by atoms with Crippen LogP contribution in [0.4, 0.5) is 0 Å². The quantitative estimate of drug-likeness (QED) is 0.373. The first-order valence-electron chi connectivity index (χ1n) is 15.2. The molecule has 8 nitrogen and oxygen atoms in total. The molecule has 3 aromatic rings. The number of aryl methyl sites for hydroxylation is 1. The smallest absolute Gasteiger partial charge is 0.303 e. The van der Waals surface area contributed by atoms with Gasteiger partial charge in [0.25, 0.3) is 0 Å². The summed E-state index contributed by atoms with van der Waals surface area (Å²) in [5.74, 6) is -0.0563. The van der Waals surface area contributed by atoms with Gasteiger partial charge in [0.2, 0.25) is 10.0 Å². The third kappa shape index (κ3) is 4.47. The summed E-state index contributed by atoms with van der Waals surface area (Å²) in [5, 5.41) is 11.0. The summed E-state index contributed by atoms with van der Waals surface area (Å²) in [6, 6.07) is 20.8. The number of carbonyl (C=O) groups excluding carboxylic acids is 1. The molecule has 5 atom stereocenters. The highest BCUT2D eigenvalue weighted by Gasteiger charge is 2.75. The number of likely N-dealkylation sites (tertiary alicyclic amines) is 1. The SMILES string of the molecule is CC(=O)O[C@@]12CC[C@H](NS(=O)(=O)Cc3ccccc3C)[C@@H]3Oc4c(O)ccc5c4[C@@]31CCN(CCc1ccccc1)[C@@H]2C5. The van der Waals surface area contributed by atoms with E-state index in [1.165, 1.54) is 12.5 Å². The van der Waals surface area contributed by atoms with Crippen LogP contribution in [-0.4, -0.2) is 61.3 Å². The van der Waals surface area contributed by atoms with Gasteiger partial charge >= 0.3 is 5.97 Å². The van der Waals surface area contributed by atoms with E-state index in [9.17, 15) is 18.3 Å². The molecule has 0 unspecified atom stereocenters. The van der Waals surface area contributed by atoms with Crippen molar-refractivity contribution < 1.29 is 27.8 Å². The molecule has 1 saturated carbocycles. The van der Waals surface area contributed by atoms with Crippen molar-refractivity contribution in [1.82, 2.24) is 9.62 Å². The number of hydrogen-bond acceptors (Lipinski definition) is 7. The van der Waals surface area contributed by atoms with Gasteiger partial charge in [-0.2, -0.15) is 0 Å². The number of sulfonamides is 1. The molecule has 43 heavy (non-hydrogen) atoms. The van der Waals surface area contributed by atoms with E-state index in [0.717, 1.165) is 41.8 Å². The number of piperidine rings is 1. The van der Waals surface area contributed by atoms with Gasteiger partial charge in [-0.25, -0.2) is 13.1 Å². The molecule has 226 valence electrons. The second kappa shape index (κ2) is 10.4. The number of carbonyl (C=O) groups is 1. The minimum atomic E-state index is -3.74. The number of rotatable bonds is 8. The zero-order chi connectivity index (χ0) is 30.0. The summed E-state index contributed by atoms with van der Waals surface area (Å²) in [5.41, 5.74) is 3.17. The van der Waals surface area contributed by atoms with Gasteiger partial charge in [-0.3, -0.25) is 9.69 Å². The predicted molar refractivity (Wildman–Crippen MR) is 162 cm³/mol. The Morgan fingerprint density at radius 3 is 2.63 bits per heavy atom. The Kier molecular flexibility index (Phi) is 6.83. The van der Waals surface area contributed by atoms with E-state index in [1.807, 2.05) is 55.5 Å². The fourth-order valence-corrected chi connectivity index (χ4v) is 10.1. The van der Waals surface area contributed by atoms with Gasteiger partial charge < -0.3 is 14.6 Å². The molecule has 2 aliphatic carbocycles. The van der Waals surface area contributed by atoms with Crippen LogP contribution in [0.5, 0.6) is 11.5 Å². The molecule has 3 aromatic carbocycles. The van der Waals surface area contributed by atoms with Crippen molar-refractivity contribution in [2.45, 2.75) is 80.9 Å². The van der Waals surface area contributed by atoms with Crippen molar-refractivity contribution in [2.75, 3.05) is 13.1 Å². The van der Waals surface area contributed by atoms with Crippen molar-refractivity contribution in [3.8, 4) is 11.5 Å². The fourth-order valence-electron chi connectivity index (χ4n) is 8.62. The lowest BCUT2D eigenvalue weighted by Crippen LogP contribution is -2.79. The summed E-state index contributed by atoms with van der Waals surface area (Å²) in [6.07, 6.45) is 2.45. The molecule has 2 fully saturated rings. The second-order valence-corrected chi connectivity index (χ2v) is 14.4. The molecule has 2 bridgehead atoms. The maximum absolute atomic E-state index is 13.6. The van der Waals surface area contributed by atoms with E-state index in [2.05, 4.69) is 21.8 Å².